The molecule has 0 unspecified atom stereocenters. The lowest BCUT2D eigenvalue weighted by atomic mass is 10.1. The fourth-order valence-electron chi connectivity index (χ4n) is 1.25. The SMILES string of the molecule is COC(C)(C)CCOC(=O)CC(=O)OCCC(C)(C)OC. The molecule has 0 aromatic heterocycles. The van der Waals surface area contributed by atoms with Crippen molar-refractivity contribution < 1.29 is 28.5 Å². The van der Waals surface area contributed by atoms with Gasteiger partial charge in [0.05, 0.1) is 24.4 Å². The fraction of sp³-hybridized carbons (Fsp3) is 0.867. The Morgan fingerprint density at radius 3 is 1.38 bits per heavy atom. The average molecular weight is 304 g/mol. The predicted molar refractivity (Wildman–Crippen MR) is 77.9 cm³/mol. The Hall–Kier alpha value is -1.14. The Bertz CT molecular complexity index is 303. The molecule has 0 aliphatic rings. The maximum Gasteiger partial charge on any atom is 0.317 e. The van der Waals surface area contributed by atoms with Gasteiger partial charge in [-0.25, -0.2) is 0 Å². The highest BCUT2D eigenvalue weighted by atomic mass is 16.6. The molecular formula is C15H28O6. The van der Waals surface area contributed by atoms with Gasteiger partial charge in [-0.05, 0) is 27.7 Å². The van der Waals surface area contributed by atoms with Crippen LogP contribution in [0.3, 0.4) is 0 Å². The van der Waals surface area contributed by atoms with Crippen LogP contribution in [0.5, 0.6) is 0 Å². The van der Waals surface area contributed by atoms with Gasteiger partial charge in [-0.15, -0.1) is 0 Å². The van der Waals surface area contributed by atoms with Crippen LogP contribution in [0.4, 0.5) is 0 Å². The van der Waals surface area contributed by atoms with E-state index in [2.05, 4.69) is 0 Å². The molecule has 0 aromatic carbocycles. The minimum Gasteiger partial charge on any atom is -0.465 e. The van der Waals surface area contributed by atoms with Gasteiger partial charge in [0, 0.05) is 27.1 Å². The molecule has 0 amide bonds. The van der Waals surface area contributed by atoms with E-state index in [-0.39, 0.29) is 30.8 Å². The summed E-state index contributed by atoms with van der Waals surface area (Å²) >= 11 is 0. The lowest BCUT2D eigenvalue weighted by molar-refractivity contribution is -0.156. The number of carbonyl (C=O) groups is 2. The van der Waals surface area contributed by atoms with Gasteiger partial charge >= 0.3 is 11.9 Å². The van der Waals surface area contributed by atoms with Crippen molar-refractivity contribution in [2.45, 2.75) is 58.2 Å². The highest BCUT2D eigenvalue weighted by molar-refractivity contribution is 5.91. The quantitative estimate of drug-likeness (QED) is 0.454. The van der Waals surface area contributed by atoms with Crippen LogP contribution in [0.25, 0.3) is 0 Å². The minimum absolute atomic E-state index is 0.212. The standard InChI is InChI=1S/C15H28O6/c1-14(2,18-5)7-9-20-12(16)11-13(17)21-10-8-15(3,4)19-6/h7-11H2,1-6H3. The van der Waals surface area contributed by atoms with Gasteiger partial charge in [0.25, 0.3) is 0 Å². The second kappa shape index (κ2) is 9.00. The molecule has 0 aromatic rings. The summed E-state index contributed by atoms with van der Waals surface area (Å²) in [5.41, 5.74) is -0.709. The maximum atomic E-state index is 11.5. The molecule has 0 radical (unpaired) electrons. The zero-order valence-electron chi connectivity index (χ0n) is 14.0. The molecule has 0 bridgehead atoms. The molecule has 6 heteroatoms. The van der Waals surface area contributed by atoms with Gasteiger partial charge in [0.15, 0.2) is 0 Å². The van der Waals surface area contributed by atoms with Gasteiger partial charge in [-0.3, -0.25) is 9.59 Å². The third-order valence-corrected chi connectivity index (χ3v) is 3.33. The van der Waals surface area contributed by atoms with E-state index in [9.17, 15) is 9.59 Å². The molecule has 0 N–H and O–H groups in total. The molecule has 124 valence electrons. The van der Waals surface area contributed by atoms with E-state index in [0.29, 0.717) is 12.8 Å². The van der Waals surface area contributed by atoms with Gasteiger partial charge in [0.1, 0.15) is 6.42 Å². The van der Waals surface area contributed by atoms with E-state index in [0.717, 1.165) is 0 Å². The van der Waals surface area contributed by atoms with Crippen molar-refractivity contribution in [3.63, 3.8) is 0 Å². The first-order valence-electron chi connectivity index (χ1n) is 7.03. The summed E-state index contributed by atoms with van der Waals surface area (Å²) in [4.78, 5) is 22.9. The number of carbonyl (C=O) groups excluding carboxylic acids is 2. The highest BCUT2D eigenvalue weighted by Gasteiger charge is 2.20. The van der Waals surface area contributed by atoms with E-state index in [1.165, 1.54) is 0 Å². The Morgan fingerprint density at radius 2 is 1.10 bits per heavy atom. The van der Waals surface area contributed by atoms with Crippen molar-refractivity contribution in [1.29, 1.82) is 0 Å². The number of methoxy groups -OCH3 is 2. The summed E-state index contributed by atoms with van der Waals surface area (Å²) in [6, 6.07) is 0. The van der Waals surface area contributed by atoms with Crippen LogP contribution >= 0.6 is 0 Å². The Labute approximate surface area is 127 Å². The summed E-state index contributed by atoms with van der Waals surface area (Å²) < 4.78 is 20.4. The molecule has 0 aliphatic carbocycles. The molecule has 0 atom stereocenters. The van der Waals surface area contributed by atoms with Crippen molar-refractivity contribution >= 4 is 11.9 Å². The molecule has 0 rings (SSSR count). The second-order valence-electron chi connectivity index (χ2n) is 6.05. The Morgan fingerprint density at radius 1 is 0.762 bits per heavy atom. The largest absolute Gasteiger partial charge is 0.465 e. The number of hydrogen-bond acceptors (Lipinski definition) is 6. The zero-order valence-corrected chi connectivity index (χ0v) is 14.0. The normalized spacial score (nSPS) is 12.1. The number of ether oxygens (including phenoxy) is 4. The summed E-state index contributed by atoms with van der Waals surface area (Å²) in [5.74, 6) is -1.17. The van der Waals surface area contributed by atoms with Crippen LogP contribution in [-0.2, 0) is 28.5 Å². The first-order valence-corrected chi connectivity index (χ1v) is 7.03. The molecule has 0 spiro atoms. The van der Waals surface area contributed by atoms with Crippen LogP contribution in [-0.4, -0.2) is 50.6 Å². The van der Waals surface area contributed by atoms with E-state index in [4.69, 9.17) is 18.9 Å². The first-order chi connectivity index (χ1) is 9.62. The lowest BCUT2D eigenvalue weighted by Crippen LogP contribution is -2.26. The minimum atomic E-state index is -0.585. The van der Waals surface area contributed by atoms with Crippen molar-refractivity contribution in [2.24, 2.45) is 0 Å². The van der Waals surface area contributed by atoms with E-state index >= 15 is 0 Å². The highest BCUT2D eigenvalue weighted by Crippen LogP contribution is 2.13. The molecule has 0 aliphatic heterocycles. The molecule has 0 heterocycles. The Kier molecular flexibility index (Phi) is 8.51. The van der Waals surface area contributed by atoms with E-state index in [1.54, 1.807) is 14.2 Å². The predicted octanol–water partition coefficient (Wildman–Crippen LogP) is 2.09. The molecule has 0 saturated carbocycles. The zero-order chi connectivity index (χ0) is 16.5. The fourth-order valence-corrected chi connectivity index (χ4v) is 1.25. The monoisotopic (exact) mass is 304 g/mol. The summed E-state index contributed by atoms with van der Waals surface area (Å²) in [6.45, 7) is 8.01. The van der Waals surface area contributed by atoms with Crippen LogP contribution in [0.15, 0.2) is 0 Å². The van der Waals surface area contributed by atoms with Crippen molar-refractivity contribution in [3.05, 3.63) is 0 Å². The molecular weight excluding hydrogens is 276 g/mol. The number of hydrogen-bond donors (Lipinski definition) is 0. The molecule has 6 nitrogen and oxygen atoms in total. The lowest BCUT2D eigenvalue weighted by Gasteiger charge is -2.22. The maximum absolute atomic E-state index is 11.5. The Balaban J connectivity index is 3.83. The second-order valence-corrected chi connectivity index (χ2v) is 6.05. The number of rotatable bonds is 10. The summed E-state index contributed by atoms with van der Waals surface area (Å²) in [5, 5.41) is 0. The smallest absolute Gasteiger partial charge is 0.317 e. The molecule has 21 heavy (non-hydrogen) atoms. The van der Waals surface area contributed by atoms with Crippen LogP contribution in [0.1, 0.15) is 47.0 Å². The van der Waals surface area contributed by atoms with Crippen molar-refractivity contribution in [1.82, 2.24) is 0 Å². The van der Waals surface area contributed by atoms with Crippen LogP contribution in [0, 0.1) is 0 Å². The molecule has 0 fully saturated rings. The topological polar surface area (TPSA) is 71.1 Å². The average Bonchev–Trinajstić information content (AvgIpc) is 2.38. The van der Waals surface area contributed by atoms with E-state index in [1.807, 2.05) is 27.7 Å². The number of esters is 2. The van der Waals surface area contributed by atoms with Gasteiger partial charge in [-0.1, -0.05) is 0 Å². The third-order valence-electron chi connectivity index (χ3n) is 3.33. The van der Waals surface area contributed by atoms with E-state index < -0.39 is 11.9 Å². The van der Waals surface area contributed by atoms with Gasteiger partial charge in [0.2, 0.25) is 0 Å². The van der Waals surface area contributed by atoms with Gasteiger partial charge in [-0.2, -0.15) is 0 Å². The first kappa shape index (κ1) is 19.9. The third kappa shape index (κ3) is 10.3. The summed E-state index contributed by atoms with van der Waals surface area (Å²) in [7, 11) is 3.20. The van der Waals surface area contributed by atoms with Gasteiger partial charge < -0.3 is 18.9 Å². The van der Waals surface area contributed by atoms with Crippen molar-refractivity contribution in [2.75, 3.05) is 27.4 Å². The van der Waals surface area contributed by atoms with Crippen molar-refractivity contribution in [3.8, 4) is 0 Å². The van der Waals surface area contributed by atoms with Crippen LogP contribution in [0.2, 0.25) is 0 Å². The summed E-state index contributed by atoms with van der Waals surface area (Å²) in [6.07, 6.45) is 0.749. The molecule has 0 saturated heterocycles. The van der Waals surface area contributed by atoms with Crippen LogP contribution < -0.4 is 0 Å².